The lowest BCUT2D eigenvalue weighted by atomic mass is 10.1. The number of benzene rings is 1. The molecule has 0 fully saturated rings. The zero-order valence-electron chi connectivity index (χ0n) is 12.3. The molecular weight excluding hydrogens is 297 g/mol. The van der Waals surface area contributed by atoms with Crippen LogP contribution in [0.1, 0.15) is 31.1 Å². The molecule has 0 radical (unpaired) electrons. The fourth-order valence-corrected chi connectivity index (χ4v) is 1.92. The first-order valence-electron chi connectivity index (χ1n) is 6.46. The van der Waals surface area contributed by atoms with Crippen molar-refractivity contribution in [1.82, 2.24) is 10.2 Å². The third-order valence-electron chi connectivity index (χ3n) is 3.01. The smallest absolute Gasteiger partial charge is 0.253 e. The second-order valence-electron chi connectivity index (χ2n) is 4.45. The number of nitrogens with one attached hydrogen (secondary N) is 1. The summed E-state index contributed by atoms with van der Waals surface area (Å²) in [4.78, 5) is 14.3. The van der Waals surface area contributed by atoms with Crippen molar-refractivity contribution in [3.63, 3.8) is 0 Å². The van der Waals surface area contributed by atoms with Gasteiger partial charge in [-0.1, -0.05) is 26.0 Å². The summed E-state index contributed by atoms with van der Waals surface area (Å²) in [6.45, 7) is 9.08. The molecule has 0 spiro atoms. The summed E-state index contributed by atoms with van der Waals surface area (Å²) in [5, 5.41) is 2.98. The molecule has 0 bridgehead atoms. The van der Waals surface area contributed by atoms with Gasteiger partial charge in [-0.15, -0.1) is 24.8 Å². The minimum atomic E-state index is -0.104. The van der Waals surface area contributed by atoms with Gasteiger partial charge in [-0.2, -0.15) is 0 Å². The number of nitrogen functional groups attached to an aromatic ring is 1. The van der Waals surface area contributed by atoms with Crippen LogP contribution in [0.4, 0.5) is 5.69 Å². The monoisotopic (exact) mass is 321 g/mol. The number of hydrogen-bond acceptors (Lipinski definition) is 3. The quantitative estimate of drug-likeness (QED) is 0.792. The van der Waals surface area contributed by atoms with E-state index in [1.165, 1.54) is 0 Å². The summed E-state index contributed by atoms with van der Waals surface area (Å²) in [6, 6.07) is 7.24. The average molecular weight is 322 g/mol. The lowest BCUT2D eigenvalue weighted by molar-refractivity contribution is 0.0931. The van der Waals surface area contributed by atoms with E-state index in [1.807, 2.05) is 19.1 Å². The van der Waals surface area contributed by atoms with Gasteiger partial charge in [0, 0.05) is 18.3 Å². The number of para-hydroxylation sites is 1. The number of hydrogen-bond donors (Lipinski definition) is 2. The largest absolute Gasteiger partial charge is 0.398 e. The SMILES string of the molecule is CCN(CC)CC(C)NC(=O)c1ccccc1N.Cl.Cl. The van der Waals surface area contributed by atoms with Gasteiger partial charge >= 0.3 is 0 Å². The van der Waals surface area contributed by atoms with E-state index in [4.69, 9.17) is 5.73 Å². The Labute approximate surface area is 133 Å². The van der Waals surface area contributed by atoms with Crippen molar-refractivity contribution in [1.29, 1.82) is 0 Å². The Bertz CT molecular complexity index is 398. The summed E-state index contributed by atoms with van der Waals surface area (Å²) in [7, 11) is 0. The maximum absolute atomic E-state index is 12.0. The van der Waals surface area contributed by atoms with E-state index in [2.05, 4.69) is 24.1 Å². The van der Waals surface area contributed by atoms with Gasteiger partial charge in [-0.05, 0) is 32.1 Å². The Morgan fingerprint density at radius 2 is 1.80 bits per heavy atom. The summed E-state index contributed by atoms with van der Waals surface area (Å²) in [5.74, 6) is -0.104. The molecule has 4 nitrogen and oxygen atoms in total. The first kappa shape index (κ1) is 21.3. The highest BCUT2D eigenvalue weighted by Crippen LogP contribution is 2.10. The Morgan fingerprint density at radius 3 is 2.30 bits per heavy atom. The summed E-state index contributed by atoms with van der Waals surface area (Å²) < 4.78 is 0. The molecule has 0 aromatic heterocycles. The lowest BCUT2D eigenvalue weighted by Crippen LogP contribution is -2.42. The zero-order chi connectivity index (χ0) is 13.5. The lowest BCUT2D eigenvalue weighted by Gasteiger charge is -2.23. The maximum atomic E-state index is 12.0. The van der Waals surface area contributed by atoms with Crippen LogP contribution < -0.4 is 11.1 Å². The average Bonchev–Trinajstić information content (AvgIpc) is 2.36. The number of likely N-dealkylation sites (N-methyl/N-ethyl adjacent to an activating group) is 1. The third-order valence-corrected chi connectivity index (χ3v) is 3.01. The van der Waals surface area contributed by atoms with E-state index in [1.54, 1.807) is 12.1 Å². The highest BCUT2D eigenvalue weighted by atomic mass is 35.5. The molecule has 0 aliphatic carbocycles. The van der Waals surface area contributed by atoms with Crippen LogP contribution in [0.15, 0.2) is 24.3 Å². The molecule has 20 heavy (non-hydrogen) atoms. The van der Waals surface area contributed by atoms with Gasteiger partial charge in [0.1, 0.15) is 0 Å². The first-order valence-corrected chi connectivity index (χ1v) is 6.46. The van der Waals surface area contributed by atoms with E-state index >= 15 is 0 Å². The van der Waals surface area contributed by atoms with Gasteiger partial charge in [-0.3, -0.25) is 4.79 Å². The molecule has 116 valence electrons. The number of rotatable bonds is 6. The molecule has 0 aliphatic heterocycles. The second-order valence-corrected chi connectivity index (χ2v) is 4.45. The molecule has 1 rings (SSSR count). The second kappa shape index (κ2) is 10.8. The predicted octanol–water partition coefficient (Wildman–Crippen LogP) is 2.57. The first-order chi connectivity index (χ1) is 8.58. The number of halogens is 2. The van der Waals surface area contributed by atoms with Crippen molar-refractivity contribution in [2.45, 2.75) is 26.8 Å². The molecule has 1 unspecified atom stereocenters. The molecule has 6 heteroatoms. The molecule has 1 aromatic carbocycles. The molecule has 3 N–H and O–H groups in total. The van der Waals surface area contributed by atoms with Crippen molar-refractivity contribution in [2.75, 3.05) is 25.4 Å². The molecule has 0 saturated heterocycles. The van der Waals surface area contributed by atoms with Crippen molar-refractivity contribution < 1.29 is 4.79 Å². The molecule has 0 heterocycles. The van der Waals surface area contributed by atoms with Crippen LogP contribution in [-0.4, -0.2) is 36.5 Å². The molecule has 1 amide bonds. The van der Waals surface area contributed by atoms with Crippen LogP contribution in [0.5, 0.6) is 0 Å². The fraction of sp³-hybridized carbons (Fsp3) is 0.500. The number of carbonyl (C=O) groups is 1. The molecular formula is C14H25Cl2N3O. The van der Waals surface area contributed by atoms with E-state index in [-0.39, 0.29) is 36.8 Å². The van der Waals surface area contributed by atoms with Gasteiger partial charge in [0.2, 0.25) is 0 Å². The topological polar surface area (TPSA) is 58.4 Å². The van der Waals surface area contributed by atoms with Crippen molar-refractivity contribution in [3.05, 3.63) is 29.8 Å². The number of amides is 1. The Kier molecular flexibility index (Phi) is 11.5. The molecule has 1 atom stereocenters. The van der Waals surface area contributed by atoms with E-state index in [0.717, 1.165) is 19.6 Å². The van der Waals surface area contributed by atoms with Crippen molar-refractivity contribution in [3.8, 4) is 0 Å². The van der Waals surface area contributed by atoms with Crippen LogP contribution in [0.3, 0.4) is 0 Å². The predicted molar refractivity (Wildman–Crippen MR) is 90.1 cm³/mol. The Balaban J connectivity index is 0. The highest BCUT2D eigenvalue weighted by molar-refractivity contribution is 5.99. The van der Waals surface area contributed by atoms with Crippen LogP contribution >= 0.6 is 24.8 Å². The number of nitrogens with two attached hydrogens (primary N) is 1. The number of nitrogens with zero attached hydrogens (tertiary/aromatic N) is 1. The Morgan fingerprint density at radius 1 is 1.25 bits per heavy atom. The fourth-order valence-electron chi connectivity index (χ4n) is 1.92. The molecule has 1 aromatic rings. The summed E-state index contributed by atoms with van der Waals surface area (Å²) in [5.41, 5.74) is 6.84. The van der Waals surface area contributed by atoms with Gasteiger partial charge in [0.15, 0.2) is 0 Å². The van der Waals surface area contributed by atoms with Crippen LogP contribution in [-0.2, 0) is 0 Å². The van der Waals surface area contributed by atoms with E-state index in [0.29, 0.717) is 11.3 Å². The Hall–Kier alpha value is -0.970. The highest BCUT2D eigenvalue weighted by Gasteiger charge is 2.13. The normalized spacial score (nSPS) is 11.2. The summed E-state index contributed by atoms with van der Waals surface area (Å²) in [6.07, 6.45) is 0. The van der Waals surface area contributed by atoms with Gasteiger partial charge in [0.05, 0.1) is 5.56 Å². The van der Waals surface area contributed by atoms with E-state index < -0.39 is 0 Å². The summed E-state index contributed by atoms with van der Waals surface area (Å²) >= 11 is 0. The van der Waals surface area contributed by atoms with E-state index in [9.17, 15) is 4.79 Å². The zero-order valence-corrected chi connectivity index (χ0v) is 13.9. The minimum absolute atomic E-state index is 0. The molecule has 0 aliphatic rings. The third kappa shape index (κ3) is 6.46. The van der Waals surface area contributed by atoms with Crippen LogP contribution in [0, 0.1) is 0 Å². The minimum Gasteiger partial charge on any atom is -0.398 e. The number of carbonyl (C=O) groups excluding carboxylic acids is 1. The van der Waals surface area contributed by atoms with Crippen LogP contribution in [0.2, 0.25) is 0 Å². The van der Waals surface area contributed by atoms with Crippen molar-refractivity contribution >= 4 is 36.4 Å². The van der Waals surface area contributed by atoms with Gasteiger partial charge in [0.25, 0.3) is 5.91 Å². The van der Waals surface area contributed by atoms with Gasteiger partial charge in [-0.25, -0.2) is 0 Å². The number of anilines is 1. The standard InChI is InChI=1S/C14H23N3O.2ClH/c1-4-17(5-2)10-11(3)16-14(18)12-8-6-7-9-13(12)15;;/h6-9,11H,4-5,10,15H2,1-3H3,(H,16,18);2*1H. The maximum Gasteiger partial charge on any atom is 0.253 e. The molecule has 0 saturated carbocycles. The van der Waals surface area contributed by atoms with Crippen LogP contribution in [0.25, 0.3) is 0 Å². The van der Waals surface area contributed by atoms with Crippen molar-refractivity contribution in [2.24, 2.45) is 0 Å². The van der Waals surface area contributed by atoms with Gasteiger partial charge < -0.3 is 16.0 Å².